The summed E-state index contributed by atoms with van der Waals surface area (Å²) in [6.45, 7) is 0.782. The van der Waals surface area contributed by atoms with E-state index in [-0.39, 0.29) is 18.0 Å². The molecule has 0 radical (unpaired) electrons. The van der Waals surface area contributed by atoms with Crippen LogP contribution >= 0.6 is 0 Å². The van der Waals surface area contributed by atoms with Crippen LogP contribution in [-0.2, 0) is 13.6 Å². The van der Waals surface area contributed by atoms with E-state index in [0.717, 1.165) is 5.56 Å². The fourth-order valence-corrected chi connectivity index (χ4v) is 2.05. The van der Waals surface area contributed by atoms with E-state index in [1.54, 1.807) is 16.9 Å². The number of Topliss-reactive ketones (excluding diaryl/α,β-unsaturated/α-hetero) is 1. The minimum atomic E-state index is -0.504. The first-order chi connectivity index (χ1) is 9.95. The lowest BCUT2D eigenvalue weighted by atomic mass is 10.1. The van der Waals surface area contributed by atoms with Crippen molar-refractivity contribution >= 4 is 11.5 Å². The van der Waals surface area contributed by atoms with E-state index in [9.17, 15) is 14.9 Å². The highest BCUT2D eigenvalue weighted by atomic mass is 16.6. The monoisotopic (exact) mass is 288 g/mol. The molecule has 2 aromatic rings. The molecule has 0 aliphatic carbocycles. The average Bonchev–Trinajstić information content (AvgIpc) is 2.83. The van der Waals surface area contributed by atoms with Crippen molar-refractivity contribution in [2.45, 2.75) is 6.54 Å². The van der Waals surface area contributed by atoms with Gasteiger partial charge in [-0.1, -0.05) is 12.1 Å². The molecule has 0 spiro atoms. The molecule has 0 bridgehead atoms. The largest absolute Gasteiger partial charge is 0.294 e. The van der Waals surface area contributed by atoms with Crippen molar-refractivity contribution < 1.29 is 9.72 Å². The predicted octanol–water partition coefficient (Wildman–Crippen LogP) is 1.64. The maximum atomic E-state index is 12.1. The number of hydrogen-bond acceptors (Lipinski definition) is 5. The van der Waals surface area contributed by atoms with Gasteiger partial charge in [0, 0.05) is 43.0 Å². The molecule has 0 atom stereocenters. The molecule has 0 N–H and O–H groups in total. The number of nitro benzene ring substituents is 1. The zero-order valence-electron chi connectivity index (χ0n) is 11.9. The Morgan fingerprint density at radius 2 is 2.24 bits per heavy atom. The van der Waals surface area contributed by atoms with Crippen LogP contribution < -0.4 is 0 Å². The molecule has 7 heteroatoms. The molecule has 2 rings (SSSR count). The van der Waals surface area contributed by atoms with Crippen LogP contribution in [0.15, 0.2) is 36.7 Å². The van der Waals surface area contributed by atoms with Crippen LogP contribution in [0.4, 0.5) is 5.69 Å². The summed E-state index contributed by atoms with van der Waals surface area (Å²) in [6, 6.07) is 5.79. The molecule has 1 heterocycles. The number of nitro groups is 1. The lowest BCUT2D eigenvalue weighted by molar-refractivity contribution is -0.384. The van der Waals surface area contributed by atoms with Crippen molar-refractivity contribution in [2.24, 2.45) is 7.05 Å². The normalized spacial score (nSPS) is 10.8. The molecule has 0 unspecified atom stereocenters. The summed E-state index contributed by atoms with van der Waals surface area (Å²) in [4.78, 5) is 24.2. The lowest BCUT2D eigenvalue weighted by Crippen LogP contribution is -2.25. The molecule has 110 valence electrons. The number of non-ortho nitro benzene ring substituents is 1. The van der Waals surface area contributed by atoms with Gasteiger partial charge in [0.15, 0.2) is 5.78 Å². The first-order valence-corrected chi connectivity index (χ1v) is 6.39. The van der Waals surface area contributed by atoms with Gasteiger partial charge in [0.2, 0.25) is 0 Å². The highest BCUT2D eigenvalue weighted by molar-refractivity contribution is 5.98. The van der Waals surface area contributed by atoms with Crippen LogP contribution in [0.25, 0.3) is 0 Å². The van der Waals surface area contributed by atoms with Gasteiger partial charge in [0.25, 0.3) is 5.69 Å². The van der Waals surface area contributed by atoms with Crippen molar-refractivity contribution in [1.82, 2.24) is 14.7 Å². The van der Waals surface area contributed by atoms with Gasteiger partial charge in [-0.25, -0.2) is 0 Å². The van der Waals surface area contributed by atoms with Crippen LogP contribution in [-0.4, -0.2) is 39.0 Å². The van der Waals surface area contributed by atoms with Crippen LogP contribution in [0.3, 0.4) is 0 Å². The van der Waals surface area contributed by atoms with Gasteiger partial charge in [0.1, 0.15) is 0 Å². The van der Waals surface area contributed by atoms with Gasteiger partial charge < -0.3 is 0 Å². The van der Waals surface area contributed by atoms with Crippen molar-refractivity contribution in [1.29, 1.82) is 0 Å². The lowest BCUT2D eigenvalue weighted by Gasteiger charge is -2.14. The SMILES string of the molecule is CN(CC(=O)c1cccc([N+](=O)[O-])c1)Cc1cnn(C)c1. The first-order valence-electron chi connectivity index (χ1n) is 6.39. The Morgan fingerprint density at radius 3 is 2.86 bits per heavy atom. The molecule has 0 aliphatic rings. The van der Waals surface area contributed by atoms with Gasteiger partial charge in [-0.3, -0.25) is 24.5 Å². The average molecular weight is 288 g/mol. The molecule has 0 fully saturated rings. The Bertz CT molecular complexity index is 666. The Hall–Kier alpha value is -2.54. The number of nitrogens with zero attached hydrogens (tertiary/aromatic N) is 4. The van der Waals surface area contributed by atoms with Crippen LogP contribution in [0.2, 0.25) is 0 Å². The summed E-state index contributed by atoms with van der Waals surface area (Å²) < 4.78 is 1.70. The number of rotatable bonds is 6. The first kappa shape index (κ1) is 14.9. The Balaban J connectivity index is 2.00. The zero-order valence-corrected chi connectivity index (χ0v) is 11.9. The zero-order chi connectivity index (χ0) is 15.4. The second-order valence-electron chi connectivity index (χ2n) is 4.93. The van der Waals surface area contributed by atoms with E-state index < -0.39 is 4.92 Å². The second-order valence-corrected chi connectivity index (χ2v) is 4.93. The van der Waals surface area contributed by atoms with Crippen molar-refractivity contribution in [3.63, 3.8) is 0 Å². The molecule has 0 saturated heterocycles. The number of likely N-dealkylation sites (N-methyl/N-ethyl adjacent to an activating group) is 1. The van der Waals surface area contributed by atoms with E-state index in [1.165, 1.54) is 18.2 Å². The molecule has 7 nitrogen and oxygen atoms in total. The summed E-state index contributed by atoms with van der Waals surface area (Å²) in [5.74, 6) is -0.148. The summed E-state index contributed by atoms with van der Waals surface area (Å²) in [6.07, 6.45) is 3.63. The number of hydrogen-bond donors (Lipinski definition) is 0. The van der Waals surface area contributed by atoms with E-state index in [2.05, 4.69) is 5.10 Å². The van der Waals surface area contributed by atoms with Gasteiger partial charge in [-0.05, 0) is 7.05 Å². The highest BCUT2D eigenvalue weighted by Gasteiger charge is 2.13. The van der Waals surface area contributed by atoms with Gasteiger partial charge in [-0.2, -0.15) is 5.10 Å². The minimum Gasteiger partial charge on any atom is -0.294 e. The van der Waals surface area contributed by atoms with E-state index in [0.29, 0.717) is 12.1 Å². The fourth-order valence-electron chi connectivity index (χ4n) is 2.05. The fraction of sp³-hybridized carbons (Fsp3) is 0.286. The van der Waals surface area contributed by atoms with Gasteiger partial charge >= 0.3 is 0 Å². The minimum absolute atomic E-state index is 0.0734. The number of carbonyl (C=O) groups excluding carboxylic acids is 1. The maximum Gasteiger partial charge on any atom is 0.270 e. The van der Waals surface area contributed by atoms with E-state index in [1.807, 2.05) is 25.2 Å². The van der Waals surface area contributed by atoms with Crippen molar-refractivity contribution in [3.05, 3.63) is 57.9 Å². The maximum absolute atomic E-state index is 12.1. The van der Waals surface area contributed by atoms with E-state index in [4.69, 9.17) is 0 Å². The third-order valence-electron chi connectivity index (χ3n) is 3.00. The van der Waals surface area contributed by atoms with Crippen LogP contribution in [0.1, 0.15) is 15.9 Å². The summed E-state index contributed by atoms with van der Waals surface area (Å²) >= 11 is 0. The smallest absolute Gasteiger partial charge is 0.270 e. The third kappa shape index (κ3) is 3.96. The molecular weight excluding hydrogens is 272 g/mol. The third-order valence-corrected chi connectivity index (χ3v) is 3.00. The Kier molecular flexibility index (Phi) is 4.44. The van der Waals surface area contributed by atoms with Crippen LogP contribution in [0.5, 0.6) is 0 Å². The standard InChI is InChI=1S/C14H16N4O3/c1-16(8-11-7-15-17(2)9-11)10-14(19)12-4-3-5-13(6-12)18(20)21/h3-7,9H,8,10H2,1-2H3. The quantitative estimate of drug-likeness (QED) is 0.458. The number of aryl methyl sites for hydroxylation is 1. The van der Waals surface area contributed by atoms with E-state index >= 15 is 0 Å². The van der Waals surface area contributed by atoms with Gasteiger partial charge in [0.05, 0.1) is 17.7 Å². The molecule has 0 aliphatic heterocycles. The second kappa shape index (κ2) is 6.27. The number of benzene rings is 1. The molecule has 1 aromatic heterocycles. The highest BCUT2D eigenvalue weighted by Crippen LogP contribution is 2.14. The number of ketones is 1. The molecular formula is C14H16N4O3. The Morgan fingerprint density at radius 1 is 1.48 bits per heavy atom. The summed E-state index contributed by atoms with van der Waals surface area (Å²) in [5.41, 5.74) is 1.28. The number of carbonyl (C=O) groups is 1. The van der Waals surface area contributed by atoms with Crippen molar-refractivity contribution in [3.8, 4) is 0 Å². The number of aromatic nitrogens is 2. The molecule has 0 amide bonds. The van der Waals surface area contributed by atoms with Gasteiger partial charge in [-0.15, -0.1) is 0 Å². The summed E-state index contributed by atoms with van der Waals surface area (Å²) in [5, 5.41) is 14.8. The molecule has 0 saturated carbocycles. The van der Waals surface area contributed by atoms with Crippen molar-refractivity contribution in [2.75, 3.05) is 13.6 Å². The Labute approximate surface area is 121 Å². The van der Waals surface area contributed by atoms with Crippen LogP contribution in [0, 0.1) is 10.1 Å². The molecule has 1 aromatic carbocycles. The predicted molar refractivity (Wildman–Crippen MR) is 77.0 cm³/mol. The molecule has 21 heavy (non-hydrogen) atoms. The topological polar surface area (TPSA) is 81.3 Å². The summed E-state index contributed by atoms with van der Waals surface area (Å²) in [7, 11) is 3.65.